The van der Waals surface area contributed by atoms with E-state index in [4.69, 9.17) is 16.1 Å². The van der Waals surface area contributed by atoms with Crippen molar-refractivity contribution in [3.63, 3.8) is 0 Å². The Morgan fingerprint density at radius 2 is 2.04 bits per heavy atom. The molecule has 0 radical (unpaired) electrons. The third-order valence-electron chi connectivity index (χ3n) is 4.22. The van der Waals surface area contributed by atoms with Crippen LogP contribution < -0.4 is 0 Å². The monoisotopic (exact) mass is 369 g/mol. The Morgan fingerprint density at radius 1 is 1.25 bits per heavy atom. The molecule has 1 aliphatic heterocycles. The minimum Gasteiger partial charge on any atom is -0.340 e. The first kappa shape index (κ1) is 17.4. The summed E-state index contributed by atoms with van der Waals surface area (Å²) in [5.41, 5.74) is 0.917. The van der Waals surface area contributed by atoms with Gasteiger partial charge in [-0.05, 0) is 37.5 Å². The average Bonchev–Trinajstić information content (AvgIpc) is 2.80. The molecule has 3 rings (SSSR count). The minimum absolute atomic E-state index is 0.127. The van der Waals surface area contributed by atoms with E-state index in [9.17, 15) is 8.42 Å². The molecule has 2 aromatic rings. The summed E-state index contributed by atoms with van der Waals surface area (Å²) >= 11 is 6.22. The Balaban J connectivity index is 2.04. The zero-order valence-corrected chi connectivity index (χ0v) is 15.3. The molecule has 1 atom stereocenters. The lowest BCUT2D eigenvalue weighted by Gasteiger charge is -2.27. The maximum atomic E-state index is 13.2. The molecule has 130 valence electrons. The highest BCUT2D eigenvalue weighted by Gasteiger charge is 2.36. The highest BCUT2D eigenvalue weighted by molar-refractivity contribution is 7.89. The molecular weight excluding hydrogens is 350 g/mol. The fraction of sp³-hybridized carbons (Fsp3) is 0.500. The molecule has 1 aromatic carbocycles. The molecule has 1 unspecified atom stereocenters. The van der Waals surface area contributed by atoms with Gasteiger partial charge in [-0.1, -0.05) is 35.7 Å². The summed E-state index contributed by atoms with van der Waals surface area (Å²) in [6.45, 7) is 3.99. The molecule has 0 saturated carbocycles. The van der Waals surface area contributed by atoms with Gasteiger partial charge < -0.3 is 4.52 Å². The van der Waals surface area contributed by atoms with Gasteiger partial charge in [0.15, 0.2) is 5.82 Å². The Bertz CT molecular complexity index is 835. The molecule has 0 bridgehead atoms. The lowest BCUT2D eigenvalue weighted by atomic mass is 10.1. The van der Waals surface area contributed by atoms with Gasteiger partial charge >= 0.3 is 0 Å². The normalized spacial score (nSPS) is 20.0. The van der Waals surface area contributed by atoms with Crippen LogP contribution in [0.3, 0.4) is 0 Å². The number of halogens is 1. The summed E-state index contributed by atoms with van der Waals surface area (Å²) in [6.07, 6.45) is 3.37. The van der Waals surface area contributed by atoms with Crippen LogP contribution in [-0.2, 0) is 10.0 Å². The molecule has 0 amide bonds. The Kier molecular flexibility index (Phi) is 4.94. The van der Waals surface area contributed by atoms with Crippen molar-refractivity contribution >= 4 is 21.6 Å². The van der Waals surface area contributed by atoms with Crippen molar-refractivity contribution in [2.75, 3.05) is 6.54 Å². The molecule has 1 aliphatic rings. The molecule has 8 heteroatoms. The van der Waals surface area contributed by atoms with Crippen LogP contribution in [0.5, 0.6) is 0 Å². The van der Waals surface area contributed by atoms with Gasteiger partial charge in [0, 0.05) is 13.5 Å². The summed E-state index contributed by atoms with van der Waals surface area (Å²) in [4.78, 5) is 4.38. The number of aryl methyl sites for hydroxylation is 2. The third-order valence-corrected chi connectivity index (χ3v) is 6.61. The fourth-order valence-electron chi connectivity index (χ4n) is 3.02. The number of sulfonamides is 1. The Hall–Kier alpha value is -1.44. The van der Waals surface area contributed by atoms with Crippen LogP contribution in [0.15, 0.2) is 27.6 Å². The van der Waals surface area contributed by atoms with Crippen molar-refractivity contribution < 1.29 is 12.9 Å². The van der Waals surface area contributed by atoms with Crippen LogP contribution >= 0.6 is 11.6 Å². The van der Waals surface area contributed by atoms with Crippen LogP contribution in [0.2, 0.25) is 5.02 Å². The quantitative estimate of drug-likeness (QED) is 0.825. The van der Waals surface area contributed by atoms with Crippen LogP contribution in [0.25, 0.3) is 0 Å². The summed E-state index contributed by atoms with van der Waals surface area (Å²) in [5, 5.41) is 4.19. The van der Waals surface area contributed by atoms with E-state index < -0.39 is 16.1 Å². The van der Waals surface area contributed by atoms with Crippen molar-refractivity contribution in [2.45, 2.75) is 50.5 Å². The first-order valence-electron chi connectivity index (χ1n) is 7.98. The van der Waals surface area contributed by atoms with Crippen molar-refractivity contribution in [2.24, 2.45) is 0 Å². The molecular formula is C16H20ClN3O3S. The molecule has 0 aliphatic carbocycles. The standard InChI is InChI=1S/C16H20ClN3O3S/c1-11-7-8-15(13(17)10-11)24(21,22)20-9-5-3-4-6-14(20)16-18-12(2)23-19-16/h7-8,10,14H,3-6,9H2,1-2H3. The van der Waals surface area contributed by atoms with Gasteiger partial charge in [-0.25, -0.2) is 8.42 Å². The molecule has 1 aromatic heterocycles. The van der Waals surface area contributed by atoms with Crippen molar-refractivity contribution in [1.29, 1.82) is 0 Å². The summed E-state index contributed by atoms with van der Waals surface area (Å²) in [7, 11) is -3.74. The van der Waals surface area contributed by atoms with E-state index in [2.05, 4.69) is 10.1 Å². The predicted octanol–water partition coefficient (Wildman–Crippen LogP) is 3.65. The maximum absolute atomic E-state index is 13.2. The Labute approximate surface area is 146 Å². The van der Waals surface area contributed by atoms with Crippen molar-refractivity contribution in [3.8, 4) is 0 Å². The first-order valence-corrected chi connectivity index (χ1v) is 9.79. The second-order valence-electron chi connectivity index (χ2n) is 6.09. The van der Waals surface area contributed by atoms with Crippen LogP contribution in [0, 0.1) is 13.8 Å². The smallest absolute Gasteiger partial charge is 0.245 e. The van der Waals surface area contributed by atoms with E-state index in [0.717, 1.165) is 24.8 Å². The molecule has 1 saturated heterocycles. The summed E-state index contributed by atoms with van der Waals surface area (Å²) < 4.78 is 33.0. The summed E-state index contributed by atoms with van der Waals surface area (Å²) in [6, 6.07) is 4.56. The van der Waals surface area contributed by atoms with Gasteiger partial charge in [0.2, 0.25) is 15.9 Å². The lowest BCUT2D eigenvalue weighted by molar-refractivity contribution is 0.302. The number of hydrogen-bond donors (Lipinski definition) is 0. The van der Waals surface area contributed by atoms with Crippen molar-refractivity contribution in [3.05, 3.63) is 40.5 Å². The average molecular weight is 370 g/mol. The number of rotatable bonds is 3. The van der Waals surface area contributed by atoms with Gasteiger partial charge in [-0.2, -0.15) is 9.29 Å². The first-order chi connectivity index (χ1) is 11.4. The number of benzene rings is 1. The molecule has 6 nitrogen and oxygen atoms in total. The minimum atomic E-state index is -3.74. The largest absolute Gasteiger partial charge is 0.340 e. The number of nitrogens with zero attached hydrogens (tertiary/aromatic N) is 3. The van der Waals surface area contributed by atoms with Gasteiger partial charge in [-0.15, -0.1) is 0 Å². The number of hydrogen-bond acceptors (Lipinski definition) is 5. The predicted molar refractivity (Wildman–Crippen MR) is 90.3 cm³/mol. The molecule has 0 spiro atoms. The van der Waals surface area contributed by atoms with E-state index in [1.165, 1.54) is 4.31 Å². The van der Waals surface area contributed by atoms with E-state index >= 15 is 0 Å². The van der Waals surface area contributed by atoms with Gasteiger partial charge in [0.05, 0.1) is 11.1 Å². The topological polar surface area (TPSA) is 76.3 Å². The van der Waals surface area contributed by atoms with Crippen molar-refractivity contribution in [1.82, 2.24) is 14.4 Å². The fourth-order valence-corrected chi connectivity index (χ4v) is 5.25. The Morgan fingerprint density at radius 3 is 2.71 bits per heavy atom. The summed E-state index contributed by atoms with van der Waals surface area (Å²) in [5.74, 6) is 0.848. The zero-order valence-electron chi connectivity index (χ0n) is 13.7. The molecule has 2 heterocycles. The SMILES string of the molecule is Cc1ccc(S(=O)(=O)N2CCCCCC2c2noc(C)n2)c(Cl)c1. The second-order valence-corrected chi connectivity index (χ2v) is 8.35. The van der Waals surface area contributed by atoms with E-state index in [1.807, 2.05) is 6.92 Å². The lowest BCUT2D eigenvalue weighted by Crippen LogP contribution is -2.35. The third kappa shape index (κ3) is 3.34. The molecule has 24 heavy (non-hydrogen) atoms. The van der Waals surface area contributed by atoms with Gasteiger partial charge in [0.25, 0.3) is 0 Å². The highest BCUT2D eigenvalue weighted by Crippen LogP contribution is 2.35. The van der Waals surface area contributed by atoms with Gasteiger partial charge in [0.1, 0.15) is 4.90 Å². The highest BCUT2D eigenvalue weighted by atomic mass is 35.5. The van der Waals surface area contributed by atoms with E-state index in [-0.39, 0.29) is 9.92 Å². The van der Waals surface area contributed by atoms with E-state index in [0.29, 0.717) is 24.7 Å². The number of aromatic nitrogens is 2. The molecule has 1 fully saturated rings. The van der Waals surface area contributed by atoms with Crippen LogP contribution in [-0.4, -0.2) is 29.4 Å². The molecule has 0 N–H and O–H groups in total. The van der Waals surface area contributed by atoms with E-state index in [1.54, 1.807) is 25.1 Å². The maximum Gasteiger partial charge on any atom is 0.245 e. The zero-order chi connectivity index (χ0) is 17.3. The second kappa shape index (κ2) is 6.82. The van der Waals surface area contributed by atoms with Crippen LogP contribution in [0.4, 0.5) is 0 Å². The van der Waals surface area contributed by atoms with Gasteiger partial charge in [-0.3, -0.25) is 0 Å². The van der Waals surface area contributed by atoms with Crippen LogP contribution in [0.1, 0.15) is 49.0 Å².